The van der Waals surface area contributed by atoms with Crippen molar-refractivity contribution >= 4 is 17.5 Å². The van der Waals surface area contributed by atoms with Crippen LogP contribution in [0.4, 0.5) is 5.69 Å². The highest BCUT2D eigenvalue weighted by Gasteiger charge is 2.22. The molecule has 0 saturated carbocycles. The minimum absolute atomic E-state index is 0.00944. The average Bonchev–Trinajstić information content (AvgIpc) is 2.74. The third-order valence-corrected chi connectivity index (χ3v) is 5.38. The van der Waals surface area contributed by atoms with Gasteiger partial charge in [-0.05, 0) is 62.2 Å². The van der Waals surface area contributed by atoms with E-state index >= 15 is 0 Å². The van der Waals surface area contributed by atoms with Crippen molar-refractivity contribution in [1.29, 1.82) is 0 Å². The van der Waals surface area contributed by atoms with Crippen LogP contribution in [0.25, 0.3) is 0 Å². The Balaban J connectivity index is 1.48. The van der Waals surface area contributed by atoms with E-state index in [1.54, 1.807) is 24.3 Å². The Bertz CT molecular complexity index is 856. The number of rotatable bonds is 6. The van der Waals surface area contributed by atoms with Crippen LogP contribution in [0, 0.1) is 13.8 Å². The van der Waals surface area contributed by atoms with E-state index in [4.69, 9.17) is 4.74 Å². The Morgan fingerprint density at radius 2 is 1.69 bits per heavy atom. The summed E-state index contributed by atoms with van der Waals surface area (Å²) in [6.45, 7) is 9.66. The van der Waals surface area contributed by atoms with Gasteiger partial charge < -0.3 is 19.9 Å². The molecule has 2 aromatic rings. The fourth-order valence-corrected chi connectivity index (χ4v) is 3.51. The minimum atomic E-state index is -0.254. The topological polar surface area (TPSA) is 61.9 Å². The average molecular weight is 396 g/mol. The smallest absolute Gasteiger partial charge is 0.251 e. The molecule has 0 unspecified atom stereocenters. The zero-order valence-corrected chi connectivity index (χ0v) is 17.4. The first-order chi connectivity index (χ1) is 14.0. The Labute approximate surface area is 172 Å². The van der Waals surface area contributed by atoms with Gasteiger partial charge in [0.2, 0.25) is 5.91 Å². The van der Waals surface area contributed by atoms with Crippen LogP contribution in [0.5, 0.6) is 5.75 Å². The van der Waals surface area contributed by atoms with E-state index < -0.39 is 0 Å². The number of carbonyl (C=O) groups is 2. The molecule has 0 radical (unpaired) electrons. The van der Waals surface area contributed by atoms with Crippen LogP contribution in [-0.2, 0) is 4.79 Å². The maximum Gasteiger partial charge on any atom is 0.251 e. The third-order valence-electron chi connectivity index (χ3n) is 5.38. The van der Waals surface area contributed by atoms with Crippen molar-refractivity contribution in [1.82, 2.24) is 10.2 Å². The fourth-order valence-electron chi connectivity index (χ4n) is 3.51. The highest BCUT2D eigenvalue weighted by molar-refractivity contribution is 5.96. The number of piperazine rings is 1. The van der Waals surface area contributed by atoms with Crippen LogP contribution >= 0.6 is 0 Å². The molecule has 3 rings (SSSR count). The second-order valence-corrected chi connectivity index (χ2v) is 7.23. The summed E-state index contributed by atoms with van der Waals surface area (Å²) in [5, 5.41) is 2.72. The van der Waals surface area contributed by atoms with Gasteiger partial charge in [0.05, 0.1) is 13.2 Å². The highest BCUT2D eigenvalue weighted by atomic mass is 16.5. The first-order valence-electron chi connectivity index (χ1n) is 10.1. The summed E-state index contributed by atoms with van der Waals surface area (Å²) in [6.07, 6.45) is 0. The molecule has 1 saturated heterocycles. The molecule has 1 aliphatic heterocycles. The van der Waals surface area contributed by atoms with Crippen LogP contribution in [0.1, 0.15) is 28.4 Å². The molecular weight excluding hydrogens is 366 g/mol. The van der Waals surface area contributed by atoms with Crippen molar-refractivity contribution in [2.24, 2.45) is 0 Å². The molecule has 6 nitrogen and oxygen atoms in total. The Hall–Kier alpha value is -3.02. The minimum Gasteiger partial charge on any atom is -0.494 e. The number of benzene rings is 2. The molecule has 0 aliphatic carbocycles. The Kier molecular flexibility index (Phi) is 6.75. The van der Waals surface area contributed by atoms with Crippen molar-refractivity contribution in [2.75, 3.05) is 44.2 Å². The standard InChI is InChI=1S/C23H29N3O3/c1-4-29-20-10-8-19(9-11-20)23(28)24-16-22(27)26-14-12-25(13-15-26)21-7-5-6-17(2)18(21)3/h5-11H,4,12-16H2,1-3H3,(H,24,28). The quantitative estimate of drug-likeness (QED) is 0.817. The molecule has 0 bridgehead atoms. The molecule has 1 aliphatic rings. The predicted octanol–water partition coefficient (Wildman–Crippen LogP) is 2.78. The van der Waals surface area contributed by atoms with Crippen LogP contribution in [-0.4, -0.2) is 56.0 Å². The van der Waals surface area contributed by atoms with Crippen molar-refractivity contribution in [3.05, 3.63) is 59.2 Å². The van der Waals surface area contributed by atoms with Crippen molar-refractivity contribution in [3.8, 4) is 5.75 Å². The molecule has 1 N–H and O–H groups in total. The number of carbonyl (C=O) groups excluding carboxylic acids is 2. The Morgan fingerprint density at radius 1 is 1.00 bits per heavy atom. The summed E-state index contributed by atoms with van der Waals surface area (Å²) in [4.78, 5) is 28.9. The lowest BCUT2D eigenvalue weighted by atomic mass is 10.1. The van der Waals surface area contributed by atoms with Gasteiger partial charge in [-0.15, -0.1) is 0 Å². The highest BCUT2D eigenvalue weighted by Crippen LogP contribution is 2.23. The second kappa shape index (κ2) is 9.45. The van der Waals surface area contributed by atoms with Gasteiger partial charge in [-0.2, -0.15) is 0 Å². The summed E-state index contributed by atoms with van der Waals surface area (Å²) in [5.41, 5.74) is 4.31. The van der Waals surface area contributed by atoms with Gasteiger partial charge >= 0.3 is 0 Å². The molecule has 1 fully saturated rings. The molecule has 29 heavy (non-hydrogen) atoms. The van der Waals surface area contributed by atoms with E-state index in [9.17, 15) is 9.59 Å². The molecule has 0 atom stereocenters. The van der Waals surface area contributed by atoms with Gasteiger partial charge in [0, 0.05) is 37.4 Å². The maximum absolute atomic E-state index is 12.5. The first-order valence-corrected chi connectivity index (χ1v) is 10.1. The normalized spacial score (nSPS) is 13.9. The van der Waals surface area contributed by atoms with Crippen LogP contribution in [0.2, 0.25) is 0 Å². The van der Waals surface area contributed by atoms with E-state index in [-0.39, 0.29) is 18.4 Å². The van der Waals surface area contributed by atoms with Crippen LogP contribution in [0.15, 0.2) is 42.5 Å². The lowest BCUT2D eigenvalue weighted by molar-refractivity contribution is -0.130. The number of amides is 2. The van der Waals surface area contributed by atoms with Gasteiger partial charge in [0.1, 0.15) is 5.75 Å². The maximum atomic E-state index is 12.5. The number of nitrogens with zero attached hydrogens (tertiary/aromatic N) is 2. The van der Waals surface area contributed by atoms with Crippen LogP contribution in [0.3, 0.4) is 0 Å². The summed E-state index contributed by atoms with van der Waals surface area (Å²) >= 11 is 0. The second-order valence-electron chi connectivity index (χ2n) is 7.23. The number of hydrogen-bond donors (Lipinski definition) is 1. The lowest BCUT2D eigenvalue weighted by Gasteiger charge is -2.37. The number of ether oxygens (including phenoxy) is 1. The molecule has 2 aromatic carbocycles. The fraction of sp³-hybridized carbons (Fsp3) is 0.391. The van der Waals surface area contributed by atoms with Crippen molar-refractivity contribution < 1.29 is 14.3 Å². The molecule has 0 spiro atoms. The largest absolute Gasteiger partial charge is 0.494 e. The van der Waals surface area contributed by atoms with Gasteiger partial charge in [0.15, 0.2) is 0 Å². The Morgan fingerprint density at radius 3 is 2.34 bits per heavy atom. The molecule has 6 heteroatoms. The van der Waals surface area contributed by atoms with E-state index in [0.29, 0.717) is 25.3 Å². The van der Waals surface area contributed by atoms with E-state index in [1.165, 1.54) is 16.8 Å². The summed E-state index contributed by atoms with van der Waals surface area (Å²) in [6, 6.07) is 13.2. The monoisotopic (exact) mass is 395 g/mol. The van der Waals surface area contributed by atoms with E-state index in [1.807, 2.05) is 11.8 Å². The molecule has 154 valence electrons. The third kappa shape index (κ3) is 5.08. The summed E-state index contributed by atoms with van der Waals surface area (Å²) in [7, 11) is 0. The number of hydrogen-bond acceptors (Lipinski definition) is 4. The molecule has 0 aromatic heterocycles. The SMILES string of the molecule is CCOc1ccc(C(=O)NCC(=O)N2CCN(c3cccc(C)c3C)CC2)cc1. The number of aryl methyl sites for hydroxylation is 1. The van der Waals surface area contributed by atoms with Gasteiger partial charge in [0.25, 0.3) is 5.91 Å². The van der Waals surface area contributed by atoms with Gasteiger partial charge in [-0.25, -0.2) is 0 Å². The molecular formula is C23H29N3O3. The molecule has 1 heterocycles. The first kappa shape index (κ1) is 20.7. The summed E-state index contributed by atoms with van der Waals surface area (Å²) < 4.78 is 5.38. The molecule has 2 amide bonds. The number of nitrogens with one attached hydrogen (secondary N) is 1. The van der Waals surface area contributed by atoms with Crippen molar-refractivity contribution in [3.63, 3.8) is 0 Å². The zero-order chi connectivity index (χ0) is 20.8. The van der Waals surface area contributed by atoms with Gasteiger partial charge in [-0.3, -0.25) is 9.59 Å². The van der Waals surface area contributed by atoms with Crippen molar-refractivity contribution in [2.45, 2.75) is 20.8 Å². The lowest BCUT2D eigenvalue weighted by Crippen LogP contribution is -2.51. The zero-order valence-electron chi connectivity index (χ0n) is 17.4. The van der Waals surface area contributed by atoms with E-state index in [0.717, 1.165) is 18.8 Å². The summed E-state index contributed by atoms with van der Waals surface area (Å²) in [5.74, 6) is 0.419. The van der Waals surface area contributed by atoms with E-state index in [2.05, 4.69) is 42.3 Å². The number of anilines is 1. The van der Waals surface area contributed by atoms with Gasteiger partial charge in [-0.1, -0.05) is 12.1 Å². The predicted molar refractivity (Wildman–Crippen MR) is 115 cm³/mol. The van der Waals surface area contributed by atoms with Crippen LogP contribution < -0.4 is 15.0 Å².